The van der Waals surface area contributed by atoms with E-state index in [1.807, 2.05) is 12.1 Å². The van der Waals surface area contributed by atoms with Crippen LogP contribution in [0, 0.1) is 14.9 Å². The third-order valence-corrected chi connectivity index (χ3v) is 2.82. The third kappa shape index (κ3) is 2.86. The van der Waals surface area contributed by atoms with Crippen molar-refractivity contribution >= 4 is 22.6 Å². The van der Waals surface area contributed by atoms with Gasteiger partial charge in [-0.15, -0.1) is 0 Å². The number of phenols is 1. The number of hydrogen-bond acceptors (Lipinski definition) is 3. The second kappa shape index (κ2) is 5.17. The highest BCUT2D eigenvalue weighted by Gasteiger charge is 2.06. The molecule has 0 aliphatic carbocycles. The summed E-state index contributed by atoms with van der Waals surface area (Å²) in [5.41, 5.74) is 1.05. The Morgan fingerprint density at radius 1 is 1.64 bits per heavy atom. The van der Waals surface area contributed by atoms with Crippen molar-refractivity contribution < 1.29 is 5.11 Å². The lowest BCUT2D eigenvalue weighted by Crippen LogP contribution is -2.25. The number of nitrogens with zero attached hydrogens (tertiary/aromatic N) is 1. The molecule has 1 unspecified atom stereocenters. The molecule has 3 nitrogen and oxygen atoms in total. The van der Waals surface area contributed by atoms with Gasteiger partial charge in [0.05, 0.1) is 15.7 Å². The van der Waals surface area contributed by atoms with E-state index >= 15 is 0 Å². The van der Waals surface area contributed by atoms with E-state index in [-0.39, 0.29) is 11.8 Å². The van der Waals surface area contributed by atoms with E-state index in [0.717, 1.165) is 9.13 Å². The molecule has 0 aromatic heterocycles. The molecule has 0 saturated heterocycles. The Hall–Kier alpha value is -0.800. The molecule has 74 valence electrons. The van der Waals surface area contributed by atoms with Crippen LogP contribution >= 0.6 is 22.6 Å². The Morgan fingerprint density at radius 3 is 2.86 bits per heavy atom. The topological polar surface area (TPSA) is 56.0 Å². The number of rotatable bonds is 3. The van der Waals surface area contributed by atoms with Crippen molar-refractivity contribution in [2.45, 2.75) is 12.5 Å². The van der Waals surface area contributed by atoms with Gasteiger partial charge in [0.2, 0.25) is 0 Å². The maximum atomic E-state index is 9.30. The minimum absolute atomic E-state index is 0.171. The van der Waals surface area contributed by atoms with Gasteiger partial charge in [-0.2, -0.15) is 5.26 Å². The first-order chi connectivity index (χ1) is 6.67. The van der Waals surface area contributed by atoms with Crippen molar-refractivity contribution in [3.05, 3.63) is 27.3 Å². The van der Waals surface area contributed by atoms with E-state index in [2.05, 4.69) is 34.0 Å². The number of nitriles is 1. The third-order valence-electron chi connectivity index (χ3n) is 1.96. The predicted octanol–water partition coefficient (Wildman–Crippen LogP) is 1.65. The monoisotopic (exact) mass is 302 g/mol. The smallest absolute Gasteiger partial charge is 0.128 e. The van der Waals surface area contributed by atoms with Crippen molar-refractivity contribution in [2.75, 3.05) is 7.05 Å². The molecule has 0 aliphatic rings. The summed E-state index contributed by atoms with van der Waals surface area (Å²) in [4.78, 5) is 0. The average molecular weight is 302 g/mol. The average Bonchev–Trinajstić information content (AvgIpc) is 2.19. The SMILES string of the molecule is CNC(C#N)Cc1ccc(O)c(I)c1. The number of halogens is 1. The lowest BCUT2D eigenvalue weighted by Gasteiger charge is -2.08. The van der Waals surface area contributed by atoms with Crippen LogP contribution in [0.25, 0.3) is 0 Å². The lowest BCUT2D eigenvalue weighted by atomic mass is 10.1. The summed E-state index contributed by atoms with van der Waals surface area (Å²) in [5, 5.41) is 21.0. The van der Waals surface area contributed by atoms with Gasteiger partial charge in [0.15, 0.2) is 0 Å². The van der Waals surface area contributed by atoms with Gasteiger partial charge in [-0.05, 0) is 47.3 Å². The van der Waals surface area contributed by atoms with Crippen LogP contribution in [0.1, 0.15) is 5.56 Å². The standard InChI is InChI=1S/C10H11IN2O/c1-13-8(6-12)4-7-2-3-10(14)9(11)5-7/h2-3,5,8,13-14H,4H2,1H3. The zero-order valence-electron chi connectivity index (χ0n) is 7.79. The summed E-state index contributed by atoms with van der Waals surface area (Å²) >= 11 is 2.07. The molecule has 0 spiro atoms. The first-order valence-corrected chi connectivity index (χ1v) is 5.29. The second-order valence-corrected chi connectivity index (χ2v) is 4.12. The van der Waals surface area contributed by atoms with Crippen molar-refractivity contribution in [3.63, 3.8) is 0 Å². The van der Waals surface area contributed by atoms with Crippen LogP contribution in [0.2, 0.25) is 0 Å². The van der Waals surface area contributed by atoms with Gasteiger partial charge in [0.25, 0.3) is 0 Å². The van der Waals surface area contributed by atoms with Gasteiger partial charge in [-0.1, -0.05) is 6.07 Å². The van der Waals surface area contributed by atoms with Crippen LogP contribution in [0.3, 0.4) is 0 Å². The molecule has 1 aromatic rings. The van der Waals surface area contributed by atoms with E-state index < -0.39 is 0 Å². The van der Waals surface area contributed by atoms with Gasteiger partial charge in [0, 0.05) is 6.42 Å². The fourth-order valence-corrected chi connectivity index (χ4v) is 1.71. The van der Waals surface area contributed by atoms with Crippen molar-refractivity contribution in [2.24, 2.45) is 0 Å². The van der Waals surface area contributed by atoms with Crippen LogP contribution in [0.4, 0.5) is 0 Å². The number of hydrogen-bond donors (Lipinski definition) is 2. The Bertz CT molecular complexity index is 360. The molecule has 1 atom stereocenters. The van der Waals surface area contributed by atoms with Crippen LogP contribution in [-0.2, 0) is 6.42 Å². The highest BCUT2D eigenvalue weighted by molar-refractivity contribution is 14.1. The van der Waals surface area contributed by atoms with Gasteiger partial charge in [0.1, 0.15) is 5.75 Å². The summed E-state index contributed by atoms with van der Waals surface area (Å²) in [6.45, 7) is 0. The zero-order chi connectivity index (χ0) is 10.6. The molecule has 0 radical (unpaired) electrons. The molecule has 0 bridgehead atoms. The Balaban J connectivity index is 2.78. The fraction of sp³-hybridized carbons (Fsp3) is 0.300. The Morgan fingerprint density at radius 2 is 2.36 bits per heavy atom. The molecular formula is C10H11IN2O. The molecular weight excluding hydrogens is 291 g/mol. The summed E-state index contributed by atoms with van der Waals surface area (Å²) in [6.07, 6.45) is 0.656. The normalized spacial score (nSPS) is 12.1. The molecule has 1 rings (SSSR count). The summed E-state index contributed by atoms with van der Waals surface area (Å²) in [6, 6.07) is 7.36. The largest absolute Gasteiger partial charge is 0.507 e. The lowest BCUT2D eigenvalue weighted by molar-refractivity contribution is 0.471. The highest BCUT2D eigenvalue weighted by atomic mass is 127. The first kappa shape index (κ1) is 11.3. The van der Waals surface area contributed by atoms with E-state index in [1.54, 1.807) is 13.1 Å². The highest BCUT2D eigenvalue weighted by Crippen LogP contribution is 2.20. The van der Waals surface area contributed by atoms with Crippen molar-refractivity contribution in [1.29, 1.82) is 5.26 Å². The Labute approximate surface area is 96.9 Å². The van der Waals surface area contributed by atoms with Gasteiger partial charge in [-0.3, -0.25) is 0 Å². The number of nitrogens with one attached hydrogen (secondary N) is 1. The number of benzene rings is 1. The second-order valence-electron chi connectivity index (χ2n) is 2.96. The van der Waals surface area contributed by atoms with E-state index in [1.165, 1.54) is 0 Å². The number of aromatic hydroxyl groups is 1. The minimum Gasteiger partial charge on any atom is -0.507 e. The molecule has 0 heterocycles. The van der Waals surface area contributed by atoms with E-state index in [4.69, 9.17) is 5.26 Å². The number of likely N-dealkylation sites (N-methyl/N-ethyl adjacent to an activating group) is 1. The van der Waals surface area contributed by atoms with Gasteiger partial charge < -0.3 is 10.4 Å². The maximum Gasteiger partial charge on any atom is 0.128 e. The molecule has 0 fully saturated rings. The molecule has 2 N–H and O–H groups in total. The summed E-state index contributed by atoms with van der Waals surface area (Å²) < 4.78 is 0.813. The Kier molecular flexibility index (Phi) is 4.17. The first-order valence-electron chi connectivity index (χ1n) is 4.21. The molecule has 1 aromatic carbocycles. The van der Waals surface area contributed by atoms with Crippen LogP contribution in [0.5, 0.6) is 5.75 Å². The zero-order valence-corrected chi connectivity index (χ0v) is 9.95. The van der Waals surface area contributed by atoms with Gasteiger partial charge >= 0.3 is 0 Å². The molecule has 4 heteroatoms. The van der Waals surface area contributed by atoms with Crippen LogP contribution in [0.15, 0.2) is 18.2 Å². The molecule has 14 heavy (non-hydrogen) atoms. The fourth-order valence-electron chi connectivity index (χ4n) is 1.13. The van der Waals surface area contributed by atoms with Crippen LogP contribution < -0.4 is 5.32 Å². The van der Waals surface area contributed by atoms with Crippen LogP contribution in [-0.4, -0.2) is 18.2 Å². The molecule has 0 amide bonds. The van der Waals surface area contributed by atoms with E-state index in [9.17, 15) is 5.11 Å². The predicted molar refractivity (Wildman–Crippen MR) is 63.0 cm³/mol. The summed E-state index contributed by atoms with van der Waals surface area (Å²) in [5.74, 6) is 0.285. The number of phenolic OH excluding ortho intramolecular Hbond substituents is 1. The quantitative estimate of drug-likeness (QED) is 0.835. The van der Waals surface area contributed by atoms with Crippen molar-refractivity contribution in [3.8, 4) is 11.8 Å². The summed E-state index contributed by atoms with van der Waals surface area (Å²) in [7, 11) is 1.76. The van der Waals surface area contributed by atoms with E-state index in [0.29, 0.717) is 6.42 Å². The molecule has 0 saturated carbocycles. The van der Waals surface area contributed by atoms with Gasteiger partial charge in [-0.25, -0.2) is 0 Å². The molecule has 0 aliphatic heterocycles. The maximum absolute atomic E-state index is 9.30. The van der Waals surface area contributed by atoms with Crippen molar-refractivity contribution in [1.82, 2.24) is 5.32 Å². The minimum atomic E-state index is -0.171.